The first-order valence-corrected chi connectivity index (χ1v) is 11.0. The van der Waals surface area contributed by atoms with Crippen molar-refractivity contribution in [2.75, 3.05) is 25.0 Å². The van der Waals surface area contributed by atoms with Gasteiger partial charge in [-0.3, -0.25) is 9.59 Å². The summed E-state index contributed by atoms with van der Waals surface area (Å²) in [4.78, 5) is 26.2. The first kappa shape index (κ1) is 22.0. The molecule has 5 heteroatoms. The minimum Gasteiger partial charge on any atom is -0.342 e. The molecule has 30 heavy (non-hydrogen) atoms. The van der Waals surface area contributed by atoms with Gasteiger partial charge in [0.2, 0.25) is 5.91 Å². The Labute approximate surface area is 179 Å². The largest absolute Gasteiger partial charge is 0.342 e. The van der Waals surface area contributed by atoms with Crippen molar-refractivity contribution in [3.05, 3.63) is 65.2 Å². The molecule has 1 saturated heterocycles. The number of para-hydroxylation sites is 1. The number of piperidine rings is 1. The smallest absolute Gasteiger partial charge is 0.278 e. The van der Waals surface area contributed by atoms with E-state index in [-0.39, 0.29) is 24.4 Å². The fourth-order valence-corrected chi connectivity index (χ4v) is 4.33. The van der Waals surface area contributed by atoms with Gasteiger partial charge < -0.3 is 15.5 Å². The highest BCUT2D eigenvalue weighted by molar-refractivity contribution is 5.96. The minimum absolute atomic E-state index is 0.000853. The molecule has 0 spiro atoms. The molecule has 0 radical (unpaired) electrons. The Morgan fingerprint density at radius 2 is 1.63 bits per heavy atom. The fourth-order valence-electron chi connectivity index (χ4n) is 4.33. The van der Waals surface area contributed by atoms with Crippen molar-refractivity contribution in [1.82, 2.24) is 5.32 Å². The Hall–Kier alpha value is -2.66. The highest BCUT2D eigenvalue weighted by Crippen LogP contribution is 2.19. The monoisotopic (exact) mass is 408 g/mol. The molecular formula is C25H34N3O2+. The van der Waals surface area contributed by atoms with Crippen molar-refractivity contribution in [2.45, 2.75) is 46.1 Å². The number of carbonyl (C=O) groups excluding carboxylic acids is 2. The Morgan fingerprint density at radius 1 is 1.00 bits per heavy atom. The van der Waals surface area contributed by atoms with Crippen LogP contribution in [0.15, 0.2) is 48.5 Å². The summed E-state index contributed by atoms with van der Waals surface area (Å²) in [7, 11) is 0. The number of amides is 2. The minimum atomic E-state index is -0.190. The van der Waals surface area contributed by atoms with Crippen molar-refractivity contribution in [1.29, 1.82) is 0 Å². The molecular weight excluding hydrogens is 374 g/mol. The predicted molar refractivity (Wildman–Crippen MR) is 121 cm³/mol. The molecule has 3 rings (SSSR count). The predicted octanol–water partition coefficient (Wildman–Crippen LogP) is 2.28. The van der Waals surface area contributed by atoms with Crippen LogP contribution in [-0.4, -0.2) is 37.5 Å². The molecule has 0 bridgehead atoms. The molecule has 1 aliphatic rings. The molecule has 1 aliphatic heterocycles. The van der Waals surface area contributed by atoms with E-state index in [4.69, 9.17) is 0 Å². The third kappa shape index (κ3) is 5.92. The maximum absolute atomic E-state index is 12.6. The molecule has 0 unspecified atom stereocenters. The van der Waals surface area contributed by atoms with E-state index in [1.54, 1.807) is 0 Å². The van der Waals surface area contributed by atoms with E-state index in [0.29, 0.717) is 5.92 Å². The molecule has 3 N–H and O–H groups in total. The van der Waals surface area contributed by atoms with Gasteiger partial charge in [-0.1, -0.05) is 48.5 Å². The zero-order chi connectivity index (χ0) is 21.5. The van der Waals surface area contributed by atoms with Crippen LogP contribution in [0.1, 0.15) is 36.5 Å². The van der Waals surface area contributed by atoms with E-state index in [1.165, 1.54) is 10.5 Å². The molecule has 1 fully saturated rings. The van der Waals surface area contributed by atoms with Gasteiger partial charge in [-0.15, -0.1) is 0 Å². The van der Waals surface area contributed by atoms with E-state index in [1.807, 2.05) is 39.0 Å². The van der Waals surface area contributed by atoms with Crippen LogP contribution in [-0.2, 0) is 16.0 Å². The standard InChI is InChI=1S/C25H33N3O2/c1-18-8-7-9-19(2)24(18)27-23(29)17-26-25(30)20(3)28-14-12-22(13-15-28)16-21-10-5-4-6-11-21/h4-11,20,22H,12-17H2,1-3H3,(H,26,30)(H,27,29)/p+1/t20-/m1/s1. The van der Waals surface area contributed by atoms with Crippen LogP contribution in [0.5, 0.6) is 0 Å². The summed E-state index contributed by atoms with van der Waals surface area (Å²) in [5.41, 5.74) is 4.26. The van der Waals surface area contributed by atoms with Crippen LogP contribution in [0.4, 0.5) is 5.69 Å². The zero-order valence-electron chi connectivity index (χ0n) is 18.3. The molecule has 2 aromatic carbocycles. The lowest BCUT2D eigenvalue weighted by Gasteiger charge is -2.32. The first-order chi connectivity index (χ1) is 14.4. The third-order valence-corrected chi connectivity index (χ3v) is 6.29. The van der Waals surface area contributed by atoms with Gasteiger partial charge in [0.15, 0.2) is 6.04 Å². The number of quaternary nitrogens is 1. The number of anilines is 1. The lowest BCUT2D eigenvalue weighted by Crippen LogP contribution is -3.17. The maximum atomic E-state index is 12.6. The molecule has 0 aliphatic carbocycles. The van der Waals surface area contributed by atoms with Crippen molar-refractivity contribution in [3.63, 3.8) is 0 Å². The summed E-state index contributed by atoms with van der Waals surface area (Å²) in [6.45, 7) is 7.90. The fraction of sp³-hybridized carbons (Fsp3) is 0.440. The molecule has 5 nitrogen and oxygen atoms in total. The number of hydrogen-bond donors (Lipinski definition) is 3. The third-order valence-electron chi connectivity index (χ3n) is 6.29. The number of aryl methyl sites for hydroxylation is 2. The Morgan fingerprint density at radius 3 is 2.27 bits per heavy atom. The van der Waals surface area contributed by atoms with Gasteiger partial charge in [0.25, 0.3) is 5.91 Å². The average Bonchev–Trinajstić information content (AvgIpc) is 2.75. The Kier molecular flexibility index (Phi) is 7.63. The molecule has 0 saturated carbocycles. The Bertz CT molecular complexity index is 838. The van der Waals surface area contributed by atoms with E-state index >= 15 is 0 Å². The number of rotatable bonds is 7. The molecule has 160 valence electrons. The Balaban J connectivity index is 1.42. The summed E-state index contributed by atoms with van der Waals surface area (Å²) < 4.78 is 0. The van der Waals surface area contributed by atoms with Crippen LogP contribution < -0.4 is 15.5 Å². The van der Waals surface area contributed by atoms with Gasteiger partial charge in [-0.05, 0) is 62.6 Å². The van der Waals surface area contributed by atoms with E-state index < -0.39 is 0 Å². The van der Waals surface area contributed by atoms with Crippen LogP contribution in [0, 0.1) is 19.8 Å². The SMILES string of the molecule is Cc1cccc(C)c1NC(=O)CNC(=O)[C@@H](C)[NH+]1CCC(Cc2ccccc2)CC1. The molecule has 2 aromatic rings. The van der Waals surface area contributed by atoms with Crippen molar-refractivity contribution in [2.24, 2.45) is 5.92 Å². The van der Waals surface area contributed by atoms with Crippen LogP contribution in [0.3, 0.4) is 0 Å². The lowest BCUT2D eigenvalue weighted by molar-refractivity contribution is -0.920. The number of hydrogen-bond acceptors (Lipinski definition) is 2. The van der Waals surface area contributed by atoms with Gasteiger partial charge >= 0.3 is 0 Å². The second-order valence-corrected chi connectivity index (χ2v) is 8.55. The number of benzene rings is 2. The molecule has 1 atom stereocenters. The normalized spacial score (nSPS) is 19.7. The zero-order valence-corrected chi connectivity index (χ0v) is 18.3. The summed E-state index contributed by atoms with van der Waals surface area (Å²) in [5.74, 6) is 0.447. The van der Waals surface area contributed by atoms with Gasteiger partial charge in [0.1, 0.15) is 0 Å². The summed E-state index contributed by atoms with van der Waals surface area (Å²) >= 11 is 0. The van der Waals surface area contributed by atoms with E-state index in [0.717, 1.165) is 49.2 Å². The number of nitrogens with one attached hydrogen (secondary N) is 3. The molecule has 0 aromatic heterocycles. The van der Waals surface area contributed by atoms with Crippen LogP contribution in [0.2, 0.25) is 0 Å². The number of likely N-dealkylation sites (tertiary alicyclic amines) is 1. The van der Waals surface area contributed by atoms with Gasteiger partial charge in [-0.25, -0.2) is 0 Å². The lowest BCUT2D eigenvalue weighted by atomic mass is 9.89. The van der Waals surface area contributed by atoms with Gasteiger partial charge in [-0.2, -0.15) is 0 Å². The average molecular weight is 409 g/mol. The van der Waals surface area contributed by atoms with Gasteiger partial charge in [0.05, 0.1) is 19.6 Å². The highest BCUT2D eigenvalue weighted by atomic mass is 16.2. The molecule has 2 amide bonds. The second kappa shape index (κ2) is 10.4. The maximum Gasteiger partial charge on any atom is 0.278 e. The summed E-state index contributed by atoms with van der Waals surface area (Å²) in [5, 5.41) is 5.74. The summed E-state index contributed by atoms with van der Waals surface area (Å²) in [6.07, 6.45) is 3.39. The van der Waals surface area contributed by atoms with E-state index in [2.05, 4.69) is 41.0 Å². The number of carbonyl (C=O) groups is 2. The van der Waals surface area contributed by atoms with Crippen molar-refractivity contribution < 1.29 is 14.5 Å². The summed E-state index contributed by atoms with van der Waals surface area (Å²) in [6, 6.07) is 16.4. The van der Waals surface area contributed by atoms with Crippen molar-refractivity contribution in [3.8, 4) is 0 Å². The topological polar surface area (TPSA) is 62.6 Å². The van der Waals surface area contributed by atoms with Crippen molar-refractivity contribution >= 4 is 17.5 Å². The highest BCUT2D eigenvalue weighted by Gasteiger charge is 2.30. The second-order valence-electron chi connectivity index (χ2n) is 8.55. The quantitative estimate of drug-likeness (QED) is 0.658. The molecule has 1 heterocycles. The first-order valence-electron chi connectivity index (χ1n) is 11.0. The van der Waals surface area contributed by atoms with E-state index in [9.17, 15) is 9.59 Å². The van der Waals surface area contributed by atoms with Gasteiger partial charge in [0, 0.05) is 5.69 Å². The van der Waals surface area contributed by atoms with Crippen LogP contribution in [0.25, 0.3) is 0 Å². The van der Waals surface area contributed by atoms with Crippen LogP contribution >= 0.6 is 0 Å².